The lowest BCUT2D eigenvalue weighted by Gasteiger charge is -2.33. The zero-order chi connectivity index (χ0) is 14.6. The molecular weight excluding hydrogens is 269 g/mol. The van der Waals surface area contributed by atoms with E-state index in [1.54, 1.807) is 11.8 Å². The molecule has 1 aliphatic heterocycles. The zero-order valence-electron chi connectivity index (χ0n) is 11.1. The monoisotopic (exact) mass is 284 g/mol. The van der Waals surface area contributed by atoms with E-state index in [1.165, 1.54) is 0 Å². The second kappa shape index (κ2) is 6.09. The molecule has 2 heterocycles. The molecule has 0 saturated carbocycles. The fourth-order valence-electron chi connectivity index (χ4n) is 1.96. The van der Waals surface area contributed by atoms with Crippen molar-refractivity contribution in [3.8, 4) is 11.8 Å². The summed E-state index contributed by atoms with van der Waals surface area (Å²) >= 11 is 0. The second-order valence-electron chi connectivity index (χ2n) is 4.43. The molecule has 0 radical (unpaired) electrons. The third-order valence-electron chi connectivity index (χ3n) is 3.07. The van der Waals surface area contributed by atoms with Crippen molar-refractivity contribution in [2.45, 2.75) is 13.1 Å². The van der Waals surface area contributed by atoms with Gasteiger partial charge in [0.15, 0.2) is 0 Å². The van der Waals surface area contributed by atoms with E-state index in [0.717, 1.165) is 25.4 Å². The van der Waals surface area contributed by atoms with Gasteiger partial charge in [-0.1, -0.05) is 5.92 Å². The molecule has 0 unspecified atom stereocenters. The van der Waals surface area contributed by atoms with Gasteiger partial charge in [-0.15, -0.1) is 5.92 Å². The minimum atomic E-state index is -4.43. The Morgan fingerprint density at radius 3 is 2.55 bits per heavy atom. The molecule has 20 heavy (non-hydrogen) atoms. The van der Waals surface area contributed by atoms with Crippen LogP contribution in [0.25, 0.3) is 0 Å². The van der Waals surface area contributed by atoms with E-state index in [2.05, 4.69) is 26.7 Å². The van der Waals surface area contributed by atoms with Crippen molar-refractivity contribution >= 4 is 5.95 Å². The largest absolute Gasteiger partial charge is 0.433 e. The molecule has 7 heteroatoms. The highest BCUT2D eigenvalue weighted by molar-refractivity contribution is 5.31. The lowest BCUT2D eigenvalue weighted by Crippen LogP contribution is -2.47. The number of rotatable bonds is 2. The summed E-state index contributed by atoms with van der Waals surface area (Å²) < 4.78 is 37.8. The first kappa shape index (κ1) is 14.6. The molecule has 0 atom stereocenters. The standard InChI is InChI=1S/C13H15F3N4/c1-2-3-6-19-7-9-20(10-8-19)12-17-5-4-11(18-12)13(14,15)16/h4-5H,6-10H2,1H3. The zero-order valence-corrected chi connectivity index (χ0v) is 11.1. The lowest BCUT2D eigenvalue weighted by atomic mass is 10.3. The van der Waals surface area contributed by atoms with Crippen LogP contribution >= 0.6 is 0 Å². The van der Waals surface area contributed by atoms with E-state index < -0.39 is 11.9 Å². The van der Waals surface area contributed by atoms with Crippen molar-refractivity contribution in [3.05, 3.63) is 18.0 Å². The van der Waals surface area contributed by atoms with E-state index >= 15 is 0 Å². The normalized spacial score (nSPS) is 16.7. The summed E-state index contributed by atoms with van der Waals surface area (Å²) in [5, 5.41) is 0. The fraction of sp³-hybridized carbons (Fsp3) is 0.538. The van der Waals surface area contributed by atoms with Gasteiger partial charge in [-0.25, -0.2) is 9.97 Å². The number of piperazine rings is 1. The smallest absolute Gasteiger partial charge is 0.338 e. The van der Waals surface area contributed by atoms with E-state index in [0.29, 0.717) is 19.6 Å². The van der Waals surface area contributed by atoms with Crippen LogP contribution in [0.3, 0.4) is 0 Å². The van der Waals surface area contributed by atoms with Crippen molar-refractivity contribution in [1.82, 2.24) is 14.9 Å². The van der Waals surface area contributed by atoms with Crippen LogP contribution in [-0.2, 0) is 6.18 Å². The Kier molecular flexibility index (Phi) is 4.45. The molecule has 0 N–H and O–H groups in total. The summed E-state index contributed by atoms with van der Waals surface area (Å²) in [6.07, 6.45) is -3.28. The lowest BCUT2D eigenvalue weighted by molar-refractivity contribution is -0.141. The highest BCUT2D eigenvalue weighted by Gasteiger charge is 2.33. The first-order chi connectivity index (χ1) is 9.50. The molecule has 0 aliphatic carbocycles. The van der Waals surface area contributed by atoms with Gasteiger partial charge in [0.2, 0.25) is 5.95 Å². The summed E-state index contributed by atoms with van der Waals surface area (Å²) in [5.74, 6) is 5.95. The quantitative estimate of drug-likeness (QED) is 0.773. The Balaban J connectivity index is 2.01. The summed E-state index contributed by atoms with van der Waals surface area (Å²) in [7, 11) is 0. The van der Waals surface area contributed by atoms with E-state index in [4.69, 9.17) is 0 Å². The minimum absolute atomic E-state index is 0.140. The molecule has 0 bridgehead atoms. The van der Waals surface area contributed by atoms with Crippen molar-refractivity contribution < 1.29 is 13.2 Å². The molecule has 0 aromatic carbocycles. The van der Waals surface area contributed by atoms with Crippen LogP contribution in [0.1, 0.15) is 12.6 Å². The summed E-state index contributed by atoms with van der Waals surface area (Å²) in [6, 6.07) is 0.886. The second-order valence-corrected chi connectivity index (χ2v) is 4.43. The predicted molar refractivity (Wildman–Crippen MR) is 69.1 cm³/mol. The molecule has 2 rings (SSSR count). The van der Waals surface area contributed by atoms with Gasteiger partial charge in [-0.3, -0.25) is 4.90 Å². The minimum Gasteiger partial charge on any atom is -0.338 e. The van der Waals surface area contributed by atoms with Gasteiger partial charge in [0.05, 0.1) is 6.54 Å². The van der Waals surface area contributed by atoms with Gasteiger partial charge < -0.3 is 4.90 Å². The van der Waals surface area contributed by atoms with Crippen LogP contribution in [0.5, 0.6) is 0 Å². The molecule has 1 aromatic rings. The van der Waals surface area contributed by atoms with E-state index in [9.17, 15) is 13.2 Å². The molecule has 1 aromatic heterocycles. The number of hydrogen-bond acceptors (Lipinski definition) is 4. The Labute approximate surface area is 115 Å². The van der Waals surface area contributed by atoms with E-state index in [1.807, 2.05) is 0 Å². The van der Waals surface area contributed by atoms with Gasteiger partial charge in [0, 0.05) is 32.4 Å². The van der Waals surface area contributed by atoms with Crippen molar-refractivity contribution in [3.63, 3.8) is 0 Å². The van der Waals surface area contributed by atoms with Gasteiger partial charge >= 0.3 is 6.18 Å². The highest BCUT2D eigenvalue weighted by atomic mass is 19.4. The molecule has 0 amide bonds. The third kappa shape index (κ3) is 3.61. The van der Waals surface area contributed by atoms with Crippen molar-refractivity contribution in [2.75, 3.05) is 37.6 Å². The molecule has 0 spiro atoms. The summed E-state index contributed by atoms with van der Waals surface area (Å²) in [4.78, 5) is 11.5. The first-order valence-electron chi connectivity index (χ1n) is 6.28. The molecule has 1 saturated heterocycles. The van der Waals surface area contributed by atoms with Gasteiger partial charge in [0.1, 0.15) is 5.69 Å². The topological polar surface area (TPSA) is 32.3 Å². The summed E-state index contributed by atoms with van der Waals surface area (Å²) in [5.41, 5.74) is -0.901. The molecule has 4 nitrogen and oxygen atoms in total. The maximum absolute atomic E-state index is 12.6. The third-order valence-corrected chi connectivity index (χ3v) is 3.07. The van der Waals surface area contributed by atoms with Crippen LogP contribution in [0, 0.1) is 11.8 Å². The number of hydrogen-bond donors (Lipinski definition) is 0. The van der Waals surface area contributed by atoms with Crippen LogP contribution in [0.2, 0.25) is 0 Å². The SMILES string of the molecule is CC#CCN1CCN(c2nccc(C(F)(F)F)n2)CC1. The number of halogens is 3. The maximum Gasteiger partial charge on any atom is 0.433 e. The Morgan fingerprint density at radius 1 is 1.25 bits per heavy atom. The number of aromatic nitrogens is 2. The number of anilines is 1. The summed E-state index contributed by atoms with van der Waals surface area (Å²) in [6.45, 7) is 5.17. The van der Waals surface area contributed by atoms with Crippen LogP contribution < -0.4 is 4.90 Å². The molecule has 1 fully saturated rings. The Morgan fingerprint density at radius 2 is 1.95 bits per heavy atom. The van der Waals surface area contributed by atoms with Crippen LogP contribution in [0.4, 0.5) is 19.1 Å². The van der Waals surface area contributed by atoms with Crippen molar-refractivity contribution in [2.24, 2.45) is 0 Å². The average molecular weight is 284 g/mol. The van der Waals surface area contributed by atoms with Crippen LogP contribution in [0.15, 0.2) is 12.3 Å². The molecule has 108 valence electrons. The van der Waals surface area contributed by atoms with Crippen molar-refractivity contribution in [1.29, 1.82) is 0 Å². The Hall–Kier alpha value is -1.81. The number of alkyl halides is 3. The van der Waals surface area contributed by atoms with Gasteiger partial charge in [-0.05, 0) is 13.0 Å². The maximum atomic E-state index is 12.6. The average Bonchev–Trinajstić information content (AvgIpc) is 2.45. The van der Waals surface area contributed by atoms with E-state index in [-0.39, 0.29) is 5.95 Å². The fourth-order valence-corrected chi connectivity index (χ4v) is 1.96. The highest BCUT2D eigenvalue weighted by Crippen LogP contribution is 2.28. The van der Waals surface area contributed by atoms with Gasteiger partial charge in [-0.2, -0.15) is 13.2 Å². The predicted octanol–water partition coefficient (Wildman–Crippen LogP) is 1.64. The van der Waals surface area contributed by atoms with Crippen LogP contribution in [-0.4, -0.2) is 47.6 Å². The Bertz CT molecular complexity index is 510. The first-order valence-corrected chi connectivity index (χ1v) is 6.28. The number of nitrogens with zero attached hydrogens (tertiary/aromatic N) is 4. The molecular formula is C13H15F3N4. The van der Waals surface area contributed by atoms with Gasteiger partial charge in [0.25, 0.3) is 0 Å². The molecule has 1 aliphatic rings.